The van der Waals surface area contributed by atoms with Gasteiger partial charge in [0, 0.05) is 0 Å². The first-order valence-electron chi connectivity index (χ1n) is 6.54. The number of carbonyl (C=O) groups is 2. The molecule has 0 heterocycles. The Morgan fingerprint density at radius 1 is 1.26 bits per heavy atom. The van der Waals surface area contributed by atoms with Crippen LogP contribution < -0.4 is 10.1 Å². The molecule has 0 aliphatic rings. The third kappa shape index (κ3) is 5.93. The predicted octanol–water partition coefficient (Wildman–Crippen LogP) is 2.28. The van der Waals surface area contributed by atoms with Gasteiger partial charge in [-0.1, -0.05) is 6.07 Å². The summed E-state index contributed by atoms with van der Waals surface area (Å²) in [6.07, 6.45) is -1.75. The van der Waals surface area contributed by atoms with Gasteiger partial charge >= 0.3 is 11.9 Å². The summed E-state index contributed by atoms with van der Waals surface area (Å²) in [5, 5.41) is 2.64. The fourth-order valence-corrected chi connectivity index (χ4v) is 1.60. The molecule has 1 aromatic rings. The number of hydrogen-bond donors (Lipinski definition) is 1. The Morgan fingerprint density at radius 3 is 2.52 bits per heavy atom. The van der Waals surface area contributed by atoms with Crippen LogP contribution in [0.4, 0.5) is 14.5 Å². The van der Waals surface area contributed by atoms with Gasteiger partial charge in [0.15, 0.2) is 0 Å². The van der Waals surface area contributed by atoms with Crippen LogP contribution >= 0.6 is 0 Å². The third-order valence-electron chi connectivity index (χ3n) is 2.64. The van der Waals surface area contributed by atoms with Gasteiger partial charge in [-0.25, -0.2) is 18.4 Å². The summed E-state index contributed by atoms with van der Waals surface area (Å²) in [5.41, 5.74) is 0.817. The highest BCUT2D eigenvalue weighted by Crippen LogP contribution is 2.27. The van der Waals surface area contributed by atoms with E-state index in [4.69, 9.17) is 4.74 Å². The number of nitrogens with one attached hydrogen (secondary N) is 1. The normalized spacial score (nSPS) is 11.1. The molecule has 0 unspecified atom stereocenters. The highest BCUT2D eigenvalue weighted by molar-refractivity contribution is 5.99. The van der Waals surface area contributed by atoms with Gasteiger partial charge in [0.1, 0.15) is 18.1 Å². The Labute approximate surface area is 132 Å². The maximum atomic E-state index is 12.3. The van der Waals surface area contributed by atoms with Gasteiger partial charge < -0.3 is 19.5 Å². The summed E-state index contributed by atoms with van der Waals surface area (Å²) in [6.45, 7) is 0.968. The maximum Gasteiger partial charge on any atom is 0.354 e. The first-order valence-corrected chi connectivity index (χ1v) is 6.54. The van der Waals surface area contributed by atoms with Crippen molar-refractivity contribution in [3.8, 4) is 5.75 Å². The van der Waals surface area contributed by atoms with Gasteiger partial charge in [0.25, 0.3) is 6.43 Å². The lowest BCUT2D eigenvalue weighted by atomic mass is 10.2. The zero-order valence-corrected chi connectivity index (χ0v) is 12.9. The smallest absolute Gasteiger partial charge is 0.354 e. The van der Waals surface area contributed by atoms with Crippen molar-refractivity contribution >= 4 is 17.6 Å². The Morgan fingerprint density at radius 2 is 1.96 bits per heavy atom. The second-order valence-corrected chi connectivity index (χ2v) is 4.40. The summed E-state index contributed by atoms with van der Waals surface area (Å²) < 4.78 is 38.6. The zero-order chi connectivity index (χ0) is 17.4. The minimum atomic E-state index is -2.64. The van der Waals surface area contributed by atoms with Crippen molar-refractivity contribution in [3.63, 3.8) is 0 Å². The van der Waals surface area contributed by atoms with Gasteiger partial charge in [-0.3, -0.25) is 0 Å². The van der Waals surface area contributed by atoms with Crippen molar-refractivity contribution in [2.75, 3.05) is 26.1 Å². The predicted molar refractivity (Wildman–Crippen MR) is 78.4 cm³/mol. The molecule has 0 bridgehead atoms. The molecular formula is C15H17F2NO5. The van der Waals surface area contributed by atoms with Gasteiger partial charge in [0.2, 0.25) is 0 Å². The number of ether oxygens (including phenoxy) is 3. The minimum Gasteiger partial charge on any atom is -0.485 e. The van der Waals surface area contributed by atoms with Gasteiger partial charge in [-0.15, -0.1) is 0 Å². The van der Waals surface area contributed by atoms with Crippen LogP contribution in [0, 0.1) is 6.92 Å². The molecule has 1 aromatic carbocycles. The van der Waals surface area contributed by atoms with Gasteiger partial charge in [-0.05, 0) is 24.6 Å². The van der Waals surface area contributed by atoms with Crippen molar-refractivity contribution in [1.29, 1.82) is 0 Å². The molecule has 126 valence electrons. The number of halogens is 2. The summed E-state index contributed by atoms with van der Waals surface area (Å²) in [6, 6.07) is 4.72. The highest BCUT2D eigenvalue weighted by atomic mass is 19.3. The van der Waals surface area contributed by atoms with E-state index >= 15 is 0 Å². The topological polar surface area (TPSA) is 73.9 Å². The molecule has 0 aliphatic carbocycles. The van der Waals surface area contributed by atoms with Crippen LogP contribution in [0.2, 0.25) is 0 Å². The average molecular weight is 329 g/mol. The number of rotatable bonds is 7. The standard InChI is InChI=1S/C15H17F2NO5/c1-9-4-5-12(23-8-13(16)17)10(6-9)18-11(15(20)22-3)7-14(19)21-2/h4-7,13,18H,8H2,1-3H3/b11-7+. The minimum absolute atomic E-state index is 0.107. The lowest BCUT2D eigenvalue weighted by Crippen LogP contribution is -2.16. The highest BCUT2D eigenvalue weighted by Gasteiger charge is 2.16. The molecule has 0 saturated heterocycles. The van der Waals surface area contributed by atoms with E-state index in [1.807, 2.05) is 0 Å². The van der Waals surface area contributed by atoms with Crippen molar-refractivity contribution in [2.45, 2.75) is 13.3 Å². The summed E-state index contributed by atoms with van der Waals surface area (Å²) in [5.74, 6) is -1.49. The number of carbonyl (C=O) groups excluding carboxylic acids is 2. The van der Waals surface area contributed by atoms with Crippen molar-refractivity contribution in [3.05, 3.63) is 35.5 Å². The van der Waals surface area contributed by atoms with Gasteiger partial charge in [-0.2, -0.15) is 0 Å². The number of benzene rings is 1. The lowest BCUT2D eigenvalue weighted by Gasteiger charge is -2.15. The van der Waals surface area contributed by atoms with E-state index in [-0.39, 0.29) is 17.1 Å². The largest absolute Gasteiger partial charge is 0.485 e. The Kier molecular flexibility index (Phi) is 6.98. The fraction of sp³-hybridized carbons (Fsp3) is 0.333. The molecule has 1 N–H and O–H groups in total. The number of aryl methyl sites for hydroxylation is 1. The van der Waals surface area contributed by atoms with Crippen LogP contribution in [0.25, 0.3) is 0 Å². The van der Waals surface area contributed by atoms with Crippen LogP contribution in [0.3, 0.4) is 0 Å². The monoisotopic (exact) mass is 329 g/mol. The molecule has 0 spiro atoms. The molecule has 0 aromatic heterocycles. The molecular weight excluding hydrogens is 312 g/mol. The number of alkyl halides is 2. The quantitative estimate of drug-likeness (QED) is 0.611. The Bertz CT molecular complexity index is 602. The molecule has 0 amide bonds. The van der Waals surface area contributed by atoms with Crippen LogP contribution in [0.1, 0.15) is 5.56 Å². The van der Waals surface area contributed by atoms with E-state index in [1.165, 1.54) is 6.07 Å². The Hall–Kier alpha value is -2.64. The molecule has 0 radical (unpaired) electrons. The fourth-order valence-electron chi connectivity index (χ4n) is 1.60. The molecule has 0 atom stereocenters. The van der Waals surface area contributed by atoms with E-state index in [1.54, 1.807) is 19.1 Å². The number of anilines is 1. The zero-order valence-electron chi connectivity index (χ0n) is 12.9. The number of esters is 2. The number of methoxy groups -OCH3 is 2. The molecule has 23 heavy (non-hydrogen) atoms. The second-order valence-electron chi connectivity index (χ2n) is 4.40. The first kappa shape index (κ1) is 18.4. The van der Waals surface area contributed by atoms with Crippen molar-refractivity contribution in [2.24, 2.45) is 0 Å². The lowest BCUT2D eigenvalue weighted by molar-refractivity contribution is -0.138. The van der Waals surface area contributed by atoms with Gasteiger partial charge in [0.05, 0.1) is 26.0 Å². The van der Waals surface area contributed by atoms with Crippen LogP contribution in [-0.4, -0.2) is 39.2 Å². The van der Waals surface area contributed by atoms with E-state index in [0.29, 0.717) is 0 Å². The van der Waals surface area contributed by atoms with E-state index in [0.717, 1.165) is 25.9 Å². The molecule has 8 heteroatoms. The average Bonchev–Trinajstić information content (AvgIpc) is 2.52. The van der Waals surface area contributed by atoms with E-state index in [9.17, 15) is 18.4 Å². The Balaban J connectivity index is 3.11. The van der Waals surface area contributed by atoms with E-state index in [2.05, 4.69) is 14.8 Å². The summed E-state index contributed by atoms with van der Waals surface area (Å²) in [4.78, 5) is 23.0. The molecule has 0 fully saturated rings. The van der Waals surface area contributed by atoms with Crippen molar-refractivity contribution in [1.82, 2.24) is 0 Å². The molecule has 0 saturated carbocycles. The summed E-state index contributed by atoms with van der Waals surface area (Å²) >= 11 is 0. The second kappa shape index (κ2) is 8.72. The first-order chi connectivity index (χ1) is 10.9. The SMILES string of the molecule is COC(=O)/C=C(/Nc1cc(C)ccc1OCC(F)F)C(=O)OC. The van der Waals surface area contributed by atoms with Crippen LogP contribution in [0.15, 0.2) is 30.0 Å². The molecule has 1 rings (SSSR count). The van der Waals surface area contributed by atoms with Crippen LogP contribution in [-0.2, 0) is 19.1 Å². The van der Waals surface area contributed by atoms with Crippen LogP contribution in [0.5, 0.6) is 5.75 Å². The third-order valence-corrected chi connectivity index (χ3v) is 2.64. The van der Waals surface area contributed by atoms with E-state index < -0.39 is 25.0 Å². The molecule has 0 aliphatic heterocycles. The maximum absolute atomic E-state index is 12.3. The molecule has 6 nitrogen and oxygen atoms in total. The number of hydrogen-bond acceptors (Lipinski definition) is 6. The summed E-state index contributed by atoms with van der Waals surface area (Å²) in [7, 11) is 2.29. The van der Waals surface area contributed by atoms with Crippen molar-refractivity contribution < 1.29 is 32.6 Å².